The lowest BCUT2D eigenvalue weighted by Gasteiger charge is -2.60. The van der Waals surface area contributed by atoms with Gasteiger partial charge in [0.15, 0.2) is 5.78 Å². The second-order valence-electron chi connectivity index (χ2n) is 9.71. The molecular weight excluding hydrogens is 348 g/mol. The molecule has 3 fully saturated rings. The fraction of sp³-hybridized carbons (Fsp3) is 0.810. The van der Waals surface area contributed by atoms with E-state index in [-0.39, 0.29) is 41.8 Å². The van der Waals surface area contributed by atoms with Crippen molar-refractivity contribution >= 4 is 11.6 Å². The van der Waals surface area contributed by atoms with Crippen molar-refractivity contribution in [3.8, 4) is 0 Å². The maximum Gasteiger partial charge on any atom is 0.220 e. The number of fused-ring (bicyclic) bond motifs is 5. The molecule has 0 amide bonds. The van der Waals surface area contributed by atoms with Crippen molar-refractivity contribution in [3.05, 3.63) is 11.6 Å². The van der Waals surface area contributed by atoms with E-state index in [0.29, 0.717) is 12.8 Å². The smallest absolute Gasteiger partial charge is 0.220 e. The van der Waals surface area contributed by atoms with E-state index in [1.165, 1.54) is 0 Å². The van der Waals surface area contributed by atoms with Gasteiger partial charge in [-0.15, -0.1) is 0 Å². The number of carbonyl (C=O) groups is 2. The molecule has 4 N–H and O–H groups in total. The summed E-state index contributed by atoms with van der Waals surface area (Å²) < 4.78 is 0. The van der Waals surface area contributed by atoms with Gasteiger partial charge in [-0.05, 0) is 67.8 Å². The average molecular weight is 378 g/mol. The van der Waals surface area contributed by atoms with Gasteiger partial charge in [0.05, 0.1) is 6.10 Å². The zero-order chi connectivity index (χ0) is 19.8. The SMILES string of the molecule is C[C@]12CCC(=O)C=C1CC[C@@H]1[C@H]2[C@@H](O)C[C@@]2(C)[C@@H]1CC[C@]2(O)C(=O)C(O)O. The first-order valence-electron chi connectivity index (χ1n) is 10.1. The van der Waals surface area contributed by atoms with Crippen molar-refractivity contribution in [3.63, 3.8) is 0 Å². The Morgan fingerprint density at radius 2 is 1.89 bits per heavy atom. The molecule has 0 bridgehead atoms. The molecule has 0 radical (unpaired) electrons. The Kier molecular flexibility index (Phi) is 4.25. The quantitative estimate of drug-likeness (QED) is 0.535. The standard InChI is InChI=1S/C21H30O6/c1-19-7-5-12(22)9-11(19)3-4-13-14-6-8-21(27,17(24)18(25)26)20(14,2)10-15(23)16(13)19/h9,13-16,18,23,25-27H,3-8,10H2,1-2H3/t13-,14+,15-,16-,19-,20-,21-/m0/s1. The van der Waals surface area contributed by atoms with E-state index in [1.54, 1.807) is 6.08 Å². The van der Waals surface area contributed by atoms with Gasteiger partial charge in [0.25, 0.3) is 0 Å². The number of carbonyl (C=O) groups excluding carboxylic acids is 2. The van der Waals surface area contributed by atoms with Crippen molar-refractivity contribution < 1.29 is 30.0 Å². The number of aliphatic hydroxyl groups excluding tert-OH is 2. The Morgan fingerprint density at radius 3 is 2.56 bits per heavy atom. The summed E-state index contributed by atoms with van der Waals surface area (Å²) in [6.07, 6.45) is 2.80. The van der Waals surface area contributed by atoms with E-state index in [2.05, 4.69) is 6.92 Å². The van der Waals surface area contributed by atoms with Gasteiger partial charge < -0.3 is 20.4 Å². The molecule has 0 aromatic carbocycles. The Balaban J connectivity index is 1.73. The summed E-state index contributed by atoms with van der Waals surface area (Å²) in [6, 6.07) is 0. The molecule has 6 heteroatoms. The van der Waals surface area contributed by atoms with Crippen LogP contribution < -0.4 is 0 Å². The van der Waals surface area contributed by atoms with Crippen LogP contribution in [0.25, 0.3) is 0 Å². The van der Waals surface area contributed by atoms with Crippen LogP contribution in [0.15, 0.2) is 11.6 Å². The number of hydrogen-bond donors (Lipinski definition) is 4. The zero-order valence-corrected chi connectivity index (χ0v) is 16.0. The number of allylic oxidation sites excluding steroid dienone is 1. The summed E-state index contributed by atoms with van der Waals surface area (Å²) in [5.41, 5.74) is -1.79. The molecule has 0 saturated heterocycles. The van der Waals surface area contributed by atoms with E-state index in [1.807, 2.05) is 6.92 Å². The highest BCUT2D eigenvalue weighted by Crippen LogP contribution is 2.67. The van der Waals surface area contributed by atoms with Crippen molar-refractivity contribution in [1.29, 1.82) is 0 Å². The number of aliphatic hydroxyl groups is 4. The monoisotopic (exact) mass is 378 g/mol. The summed E-state index contributed by atoms with van der Waals surface area (Å²) >= 11 is 0. The zero-order valence-electron chi connectivity index (χ0n) is 16.0. The van der Waals surface area contributed by atoms with Crippen molar-refractivity contribution in [1.82, 2.24) is 0 Å². The first-order chi connectivity index (χ1) is 12.5. The second kappa shape index (κ2) is 5.96. The van der Waals surface area contributed by atoms with Crippen LogP contribution in [0.1, 0.15) is 58.8 Å². The summed E-state index contributed by atoms with van der Waals surface area (Å²) in [4.78, 5) is 24.3. The molecule has 3 saturated carbocycles. The van der Waals surface area contributed by atoms with E-state index in [4.69, 9.17) is 0 Å². The number of hydrogen-bond acceptors (Lipinski definition) is 6. The molecule has 150 valence electrons. The van der Waals surface area contributed by atoms with Crippen LogP contribution in [0.4, 0.5) is 0 Å². The topological polar surface area (TPSA) is 115 Å². The third-order valence-corrected chi connectivity index (χ3v) is 8.69. The minimum absolute atomic E-state index is 0.000164. The van der Waals surface area contributed by atoms with Gasteiger partial charge in [-0.2, -0.15) is 0 Å². The van der Waals surface area contributed by atoms with Gasteiger partial charge in [-0.25, -0.2) is 0 Å². The first kappa shape index (κ1) is 19.2. The molecule has 7 atom stereocenters. The van der Waals surface area contributed by atoms with E-state index < -0.39 is 29.2 Å². The van der Waals surface area contributed by atoms with Crippen LogP contribution in [-0.2, 0) is 9.59 Å². The second-order valence-corrected chi connectivity index (χ2v) is 9.71. The normalized spacial score (nSPS) is 49.3. The highest BCUT2D eigenvalue weighted by atomic mass is 16.5. The maximum atomic E-state index is 12.4. The number of Topliss-reactive ketones (excluding diaryl/α,β-unsaturated/α-hetero) is 1. The highest BCUT2D eigenvalue weighted by Gasteiger charge is 2.68. The largest absolute Gasteiger partial charge is 0.393 e. The third kappa shape index (κ3) is 2.40. The van der Waals surface area contributed by atoms with Crippen LogP contribution >= 0.6 is 0 Å². The Labute approximate surface area is 159 Å². The molecule has 0 aromatic rings. The van der Waals surface area contributed by atoms with Gasteiger partial charge in [-0.3, -0.25) is 9.59 Å². The molecule has 0 spiro atoms. The predicted octanol–water partition coefficient (Wildman–Crippen LogP) is 1.10. The van der Waals surface area contributed by atoms with Gasteiger partial charge in [-0.1, -0.05) is 19.4 Å². The Hall–Kier alpha value is -1.08. The van der Waals surface area contributed by atoms with Crippen molar-refractivity contribution in [2.24, 2.45) is 28.6 Å². The minimum atomic E-state index is -2.21. The fourth-order valence-corrected chi connectivity index (χ4v) is 7.31. The summed E-state index contributed by atoms with van der Waals surface area (Å²) in [5.74, 6) is -0.612. The number of ketones is 2. The van der Waals surface area contributed by atoms with E-state index >= 15 is 0 Å². The lowest BCUT2D eigenvalue weighted by atomic mass is 9.45. The highest BCUT2D eigenvalue weighted by molar-refractivity contribution is 5.92. The van der Waals surface area contributed by atoms with Crippen LogP contribution in [0, 0.1) is 28.6 Å². The van der Waals surface area contributed by atoms with Gasteiger partial charge in [0.1, 0.15) is 5.60 Å². The Morgan fingerprint density at radius 1 is 1.19 bits per heavy atom. The molecule has 4 aliphatic carbocycles. The predicted molar refractivity (Wildman–Crippen MR) is 96.3 cm³/mol. The van der Waals surface area contributed by atoms with Crippen LogP contribution in [0.2, 0.25) is 0 Å². The maximum absolute atomic E-state index is 12.4. The molecule has 0 aromatic heterocycles. The fourth-order valence-electron chi connectivity index (χ4n) is 7.31. The molecule has 0 aliphatic heterocycles. The first-order valence-corrected chi connectivity index (χ1v) is 10.1. The summed E-state index contributed by atoms with van der Waals surface area (Å²) in [6.45, 7) is 3.97. The molecule has 6 nitrogen and oxygen atoms in total. The molecule has 4 aliphatic rings. The van der Waals surface area contributed by atoms with Gasteiger partial charge in [0, 0.05) is 11.8 Å². The molecule has 0 unspecified atom stereocenters. The number of rotatable bonds is 2. The molecule has 0 heterocycles. The summed E-state index contributed by atoms with van der Waals surface area (Å²) in [7, 11) is 0. The average Bonchev–Trinajstić information content (AvgIpc) is 2.86. The molecule has 27 heavy (non-hydrogen) atoms. The Bertz CT molecular complexity index is 713. The third-order valence-electron chi connectivity index (χ3n) is 8.69. The minimum Gasteiger partial charge on any atom is -0.393 e. The van der Waals surface area contributed by atoms with Gasteiger partial charge >= 0.3 is 0 Å². The van der Waals surface area contributed by atoms with Crippen molar-refractivity contribution in [2.45, 2.75) is 76.8 Å². The molecule has 4 rings (SSSR count). The van der Waals surface area contributed by atoms with Crippen LogP contribution in [-0.4, -0.2) is 50.0 Å². The lowest BCUT2D eigenvalue weighted by Crippen LogP contribution is -2.62. The van der Waals surface area contributed by atoms with Gasteiger partial charge in [0.2, 0.25) is 12.1 Å². The van der Waals surface area contributed by atoms with Crippen molar-refractivity contribution in [2.75, 3.05) is 0 Å². The van der Waals surface area contributed by atoms with E-state index in [0.717, 1.165) is 24.8 Å². The summed E-state index contributed by atoms with van der Waals surface area (Å²) in [5, 5.41) is 41.2. The van der Waals surface area contributed by atoms with E-state index in [9.17, 15) is 30.0 Å². The molecular formula is C21H30O6. The van der Waals surface area contributed by atoms with Crippen LogP contribution in [0.5, 0.6) is 0 Å². The van der Waals surface area contributed by atoms with Crippen LogP contribution in [0.3, 0.4) is 0 Å². The lowest BCUT2D eigenvalue weighted by molar-refractivity contribution is -0.196.